The SMILES string of the molecule is C#CCn1cc(CCl)c(C(F)(F)F)n1. The van der Waals surface area contributed by atoms with Crippen molar-refractivity contribution in [1.82, 2.24) is 9.78 Å². The molecule has 1 heterocycles. The summed E-state index contributed by atoms with van der Waals surface area (Å²) in [6.45, 7) is -0.0000309. The fourth-order valence-electron chi connectivity index (χ4n) is 0.974. The second-order valence-corrected chi connectivity index (χ2v) is 2.80. The molecule has 0 N–H and O–H groups in total. The maximum Gasteiger partial charge on any atom is 0.435 e. The Morgan fingerprint density at radius 3 is 2.57 bits per heavy atom. The number of rotatable bonds is 2. The molecule has 0 saturated heterocycles. The molecular formula is C8H6ClF3N2. The highest BCUT2D eigenvalue weighted by molar-refractivity contribution is 6.17. The summed E-state index contributed by atoms with van der Waals surface area (Å²) in [6.07, 6.45) is 1.67. The van der Waals surface area contributed by atoms with Gasteiger partial charge in [-0.05, 0) is 0 Å². The standard InChI is InChI=1S/C8H6ClF3N2/c1-2-3-14-5-6(4-9)7(13-14)8(10,11)12/h1,5H,3-4H2. The summed E-state index contributed by atoms with van der Waals surface area (Å²) < 4.78 is 38.0. The summed E-state index contributed by atoms with van der Waals surface area (Å²) in [5.74, 6) is 1.95. The van der Waals surface area contributed by atoms with Gasteiger partial charge in [-0.3, -0.25) is 4.68 Å². The number of hydrogen-bond donors (Lipinski definition) is 0. The van der Waals surface area contributed by atoms with Gasteiger partial charge >= 0.3 is 6.18 Å². The van der Waals surface area contributed by atoms with Gasteiger partial charge < -0.3 is 0 Å². The highest BCUT2D eigenvalue weighted by atomic mass is 35.5. The molecule has 0 aliphatic heterocycles. The van der Waals surface area contributed by atoms with Crippen LogP contribution in [-0.4, -0.2) is 9.78 Å². The molecule has 0 saturated carbocycles. The van der Waals surface area contributed by atoms with E-state index in [9.17, 15) is 13.2 Å². The zero-order valence-corrected chi connectivity index (χ0v) is 7.73. The number of nitrogens with zero attached hydrogens (tertiary/aromatic N) is 2. The van der Waals surface area contributed by atoms with Gasteiger partial charge in [0.25, 0.3) is 0 Å². The van der Waals surface area contributed by atoms with Crippen LogP contribution in [0.1, 0.15) is 11.3 Å². The Kier molecular flexibility index (Phi) is 3.06. The number of aromatic nitrogens is 2. The molecule has 0 unspecified atom stereocenters. The van der Waals surface area contributed by atoms with Gasteiger partial charge in [-0.25, -0.2) is 0 Å². The smallest absolute Gasteiger partial charge is 0.260 e. The lowest BCUT2D eigenvalue weighted by Crippen LogP contribution is -2.09. The summed E-state index contributed by atoms with van der Waals surface area (Å²) in [5.41, 5.74) is -1.03. The normalized spacial score (nSPS) is 11.4. The van der Waals surface area contributed by atoms with Crippen molar-refractivity contribution in [3.05, 3.63) is 17.5 Å². The minimum atomic E-state index is -4.48. The van der Waals surface area contributed by atoms with Gasteiger partial charge in [-0.2, -0.15) is 18.3 Å². The van der Waals surface area contributed by atoms with Gasteiger partial charge in [-0.15, -0.1) is 18.0 Å². The molecule has 2 nitrogen and oxygen atoms in total. The van der Waals surface area contributed by atoms with Crippen LogP contribution in [-0.2, 0) is 18.6 Å². The van der Waals surface area contributed by atoms with E-state index in [-0.39, 0.29) is 18.0 Å². The summed E-state index contributed by atoms with van der Waals surface area (Å²) in [4.78, 5) is 0. The van der Waals surface area contributed by atoms with Gasteiger partial charge in [0, 0.05) is 11.8 Å². The van der Waals surface area contributed by atoms with Crippen LogP contribution in [0.15, 0.2) is 6.20 Å². The van der Waals surface area contributed by atoms with Crippen LogP contribution in [0.25, 0.3) is 0 Å². The van der Waals surface area contributed by atoms with Crippen molar-refractivity contribution in [2.45, 2.75) is 18.6 Å². The molecule has 1 aromatic rings. The quantitative estimate of drug-likeness (QED) is 0.555. The van der Waals surface area contributed by atoms with Crippen molar-refractivity contribution in [2.75, 3.05) is 0 Å². The van der Waals surface area contributed by atoms with E-state index < -0.39 is 11.9 Å². The van der Waals surface area contributed by atoms with Crippen LogP contribution >= 0.6 is 11.6 Å². The van der Waals surface area contributed by atoms with Crippen molar-refractivity contribution < 1.29 is 13.2 Å². The average Bonchev–Trinajstić information content (AvgIpc) is 2.47. The average molecular weight is 223 g/mol. The van der Waals surface area contributed by atoms with Gasteiger partial charge in [0.15, 0.2) is 5.69 Å². The molecule has 1 aromatic heterocycles. The van der Waals surface area contributed by atoms with E-state index >= 15 is 0 Å². The summed E-state index contributed by atoms with van der Waals surface area (Å²) in [5, 5.41) is 3.31. The van der Waals surface area contributed by atoms with Crippen LogP contribution < -0.4 is 0 Å². The molecule has 0 spiro atoms. The fraction of sp³-hybridized carbons (Fsp3) is 0.375. The largest absolute Gasteiger partial charge is 0.435 e. The summed E-state index contributed by atoms with van der Waals surface area (Å²) >= 11 is 5.35. The van der Waals surface area contributed by atoms with Crippen molar-refractivity contribution in [3.63, 3.8) is 0 Å². The number of hydrogen-bond acceptors (Lipinski definition) is 1. The molecule has 0 aromatic carbocycles. The molecule has 1 rings (SSSR count). The topological polar surface area (TPSA) is 17.8 Å². The van der Waals surface area contributed by atoms with Crippen LogP contribution in [0, 0.1) is 12.3 Å². The second-order valence-electron chi connectivity index (χ2n) is 2.54. The Hall–Kier alpha value is -1.15. The first-order valence-corrected chi connectivity index (χ1v) is 4.15. The first-order chi connectivity index (χ1) is 6.49. The monoisotopic (exact) mass is 222 g/mol. The van der Waals surface area contributed by atoms with E-state index in [1.54, 1.807) is 0 Å². The molecular weight excluding hydrogens is 217 g/mol. The molecule has 76 valence electrons. The third-order valence-corrected chi connectivity index (χ3v) is 1.79. The van der Waals surface area contributed by atoms with E-state index in [2.05, 4.69) is 11.0 Å². The molecule has 0 aliphatic carbocycles. The van der Waals surface area contributed by atoms with E-state index in [0.29, 0.717) is 0 Å². The van der Waals surface area contributed by atoms with Crippen LogP contribution in [0.5, 0.6) is 0 Å². The van der Waals surface area contributed by atoms with E-state index in [1.807, 2.05) is 0 Å². The zero-order chi connectivity index (χ0) is 10.8. The Morgan fingerprint density at radius 1 is 1.57 bits per heavy atom. The highest BCUT2D eigenvalue weighted by Crippen LogP contribution is 2.31. The Labute approximate surface area is 83.7 Å². The van der Waals surface area contributed by atoms with Crippen LogP contribution in [0.4, 0.5) is 13.2 Å². The molecule has 6 heteroatoms. The van der Waals surface area contributed by atoms with Crippen molar-refractivity contribution in [3.8, 4) is 12.3 Å². The number of alkyl halides is 4. The lowest BCUT2D eigenvalue weighted by molar-refractivity contribution is -0.141. The fourth-order valence-corrected chi connectivity index (χ4v) is 1.17. The highest BCUT2D eigenvalue weighted by Gasteiger charge is 2.36. The zero-order valence-electron chi connectivity index (χ0n) is 6.98. The number of halogens is 4. The predicted octanol–water partition coefficient (Wildman–Crippen LogP) is 2.27. The summed E-state index contributed by atoms with van der Waals surface area (Å²) in [7, 11) is 0. The van der Waals surface area contributed by atoms with Crippen molar-refractivity contribution in [1.29, 1.82) is 0 Å². The Morgan fingerprint density at radius 2 is 2.21 bits per heavy atom. The molecule has 0 fully saturated rings. The third-order valence-electron chi connectivity index (χ3n) is 1.50. The first kappa shape index (κ1) is 10.9. The van der Waals surface area contributed by atoms with Gasteiger partial charge in [0.05, 0.1) is 5.88 Å². The van der Waals surface area contributed by atoms with Crippen LogP contribution in [0.3, 0.4) is 0 Å². The third kappa shape index (κ3) is 2.20. The van der Waals surface area contributed by atoms with Crippen molar-refractivity contribution >= 4 is 11.6 Å². The van der Waals surface area contributed by atoms with Gasteiger partial charge in [0.1, 0.15) is 6.54 Å². The second kappa shape index (κ2) is 3.93. The first-order valence-electron chi connectivity index (χ1n) is 3.62. The minimum Gasteiger partial charge on any atom is -0.260 e. The lowest BCUT2D eigenvalue weighted by Gasteiger charge is -2.02. The van der Waals surface area contributed by atoms with E-state index in [4.69, 9.17) is 18.0 Å². The predicted molar refractivity (Wildman–Crippen MR) is 45.6 cm³/mol. The number of terminal acetylenes is 1. The summed E-state index contributed by atoms with van der Waals surface area (Å²) in [6, 6.07) is 0. The van der Waals surface area contributed by atoms with Crippen molar-refractivity contribution in [2.24, 2.45) is 0 Å². The van der Waals surface area contributed by atoms with Gasteiger partial charge in [0.2, 0.25) is 0 Å². The molecule has 0 aliphatic rings. The molecule has 0 bridgehead atoms. The molecule has 0 radical (unpaired) electrons. The maximum absolute atomic E-state index is 12.3. The van der Waals surface area contributed by atoms with E-state index in [0.717, 1.165) is 4.68 Å². The lowest BCUT2D eigenvalue weighted by atomic mass is 10.3. The minimum absolute atomic E-state index is 0.0000309. The molecule has 0 atom stereocenters. The van der Waals surface area contributed by atoms with Gasteiger partial charge in [-0.1, -0.05) is 5.92 Å². The Balaban J connectivity index is 3.10. The Bertz CT molecular complexity index is 362. The van der Waals surface area contributed by atoms with E-state index in [1.165, 1.54) is 6.20 Å². The maximum atomic E-state index is 12.3. The molecule has 0 amide bonds. The molecule has 14 heavy (non-hydrogen) atoms. The van der Waals surface area contributed by atoms with Crippen LogP contribution in [0.2, 0.25) is 0 Å².